The molecule has 0 unspecified atom stereocenters. The van der Waals surface area contributed by atoms with Crippen LogP contribution in [0, 0.1) is 0 Å². The third kappa shape index (κ3) is 5.49. The molecule has 0 aliphatic carbocycles. The molecule has 1 saturated heterocycles. The van der Waals surface area contributed by atoms with Crippen LogP contribution in [0.1, 0.15) is 27.2 Å². The van der Waals surface area contributed by atoms with Crippen LogP contribution in [-0.2, 0) is 9.53 Å². The average molecular weight is 327 g/mol. The van der Waals surface area contributed by atoms with E-state index in [1.165, 1.54) is 6.08 Å². The summed E-state index contributed by atoms with van der Waals surface area (Å²) in [5.41, 5.74) is -0.504. The van der Waals surface area contributed by atoms with Crippen LogP contribution >= 0.6 is 0 Å². The summed E-state index contributed by atoms with van der Waals surface area (Å²) in [4.78, 5) is 29.4. The maximum Gasteiger partial charge on any atom is 0.410 e. The summed E-state index contributed by atoms with van der Waals surface area (Å²) >= 11 is 0. The van der Waals surface area contributed by atoms with Crippen LogP contribution in [-0.4, -0.2) is 78.1 Å². The zero-order chi connectivity index (χ0) is 17.0. The second-order valence-corrected chi connectivity index (χ2v) is 7.00. The zero-order valence-electron chi connectivity index (χ0n) is 14.2. The molecule has 0 spiro atoms. The van der Waals surface area contributed by atoms with E-state index in [1.807, 2.05) is 25.7 Å². The summed E-state index contributed by atoms with van der Waals surface area (Å²) in [5.74, 6) is -0.293. The monoisotopic (exact) mass is 327 g/mol. The number of carbonyl (C=O) groups is 2. The van der Waals surface area contributed by atoms with Crippen molar-refractivity contribution in [3.63, 3.8) is 0 Å². The summed E-state index contributed by atoms with van der Waals surface area (Å²) in [7, 11) is 0. The number of hydrogen-bond acceptors (Lipinski definition) is 4. The van der Waals surface area contributed by atoms with Crippen molar-refractivity contribution in [3.05, 3.63) is 11.9 Å². The normalized spacial score (nSPS) is 20.3. The molecule has 2 rings (SSSR count). The van der Waals surface area contributed by atoms with Gasteiger partial charge in [-0.15, -0.1) is 0 Å². The molecule has 7 heteroatoms. The van der Waals surface area contributed by atoms with Gasteiger partial charge in [0.05, 0.1) is 13.1 Å². The molecule has 0 saturated carbocycles. The van der Waals surface area contributed by atoms with Gasteiger partial charge in [-0.25, -0.2) is 9.18 Å². The highest BCUT2D eigenvalue weighted by Crippen LogP contribution is 2.13. The SMILES string of the molecule is CC(C)(C)OC(=O)N1CCN(CC(=O)N2CCC=C(F)C2)CC1. The van der Waals surface area contributed by atoms with Gasteiger partial charge in [-0.3, -0.25) is 9.69 Å². The highest BCUT2D eigenvalue weighted by atomic mass is 19.1. The van der Waals surface area contributed by atoms with Crippen molar-refractivity contribution in [2.75, 3.05) is 45.8 Å². The van der Waals surface area contributed by atoms with E-state index in [9.17, 15) is 14.0 Å². The second kappa shape index (κ2) is 7.29. The molecule has 0 aromatic rings. The first-order valence-corrected chi connectivity index (χ1v) is 8.07. The summed E-state index contributed by atoms with van der Waals surface area (Å²) < 4.78 is 18.6. The van der Waals surface area contributed by atoms with Crippen LogP contribution in [0.5, 0.6) is 0 Å². The average Bonchev–Trinajstić information content (AvgIpc) is 2.46. The molecule has 6 nitrogen and oxygen atoms in total. The van der Waals surface area contributed by atoms with Crippen LogP contribution in [0.2, 0.25) is 0 Å². The molecule has 2 aliphatic rings. The highest BCUT2D eigenvalue weighted by molar-refractivity contribution is 5.78. The molecular formula is C16H26FN3O3. The van der Waals surface area contributed by atoms with Gasteiger partial charge in [-0.1, -0.05) is 0 Å². The maximum atomic E-state index is 13.2. The predicted molar refractivity (Wildman–Crippen MR) is 84.6 cm³/mol. The van der Waals surface area contributed by atoms with Gasteiger partial charge in [0.25, 0.3) is 0 Å². The van der Waals surface area contributed by atoms with E-state index in [-0.39, 0.29) is 30.9 Å². The summed E-state index contributed by atoms with van der Waals surface area (Å²) in [6.45, 7) is 8.77. The minimum atomic E-state index is -0.504. The molecular weight excluding hydrogens is 301 g/mol. The lowest BCUT2D eigenvalue weighted by atomic mass is 10.2. The largest absolute Gasteiger partial charge is 0.444 e. The second-order valence-electron chi connectivity index (χ2n) is 7.00. The number of carbonyl (C=O) groups excluding carboxylic acids is 2. The Balaban J connectivity index is 1.75. The Bertz CT molecular complexity index is 479. The number of halogens is 1. The summed E-state index contributed by atoms with van der Waals surface area (Å²) in [5, 5.41) is 0. The standard InChI is InChI=1S/C16H26FN3O3/c1-16(2,3)23-15(22)19-9-7-18(8-10-19)12-14(21)20-6-4-5-13(17)11-20/h5H,4,6-12H2,1-3H3. The quantitative estimate of drug-likeness (QED) is 0.773. The summed E-state index contributed by atoms with van der Waals surface area (Å²) in [6, 6.07) is 0. The molecule has 130 valence electrons. The van der Waals surface area contributed by atoms with Gasteiger partial charge in [-0.2, -0.15) is 0 Å². The van der Waals surface area contributed by atoms with E-state index in [0.717, 1.165) is 0 Å². The lowest BCUT2D eigenvalue weighted by Gasteiger charge is -2.36. The number of amides is 2. The molecule has 2 heterocycles. The minimum absolute atomic E-state index is 0.0565. The Morgan fingerprint density at radius 1 is 1.13 bits per heavy atom. The van der Waals surface area contributed by atoms with E-state index >= 15 is 0 Å². The lowest BCUT2D eigenvalue weighted by molar-refractivity contribution is -0.132. The van der Waals surface area contributed by atoms with E-state index in [0.29, 0.717) is 39.1 Å². The Hall–Kier alpha value is -1.63. The van der Waals surface area contributed by atoms with Gasteiger partial charge in [-0.05, 0) is 33.3 Å². The first kappa shape index (κ1) is 17.7. The van der Waals surface area contributed by atoms with Crippen molar-refractivity contribution in [1.29, 1.82) is 0 Å². The molecule has 1 fully saturated rings. The molecule has 0 radical (unpaired) electrons. The van der Waals surface area contributed by atoms with Gasteiger partial charge >= 0.3 is 6.09 Å². The van der Waals surface area contributed by atoms with Crippen molar-refractivity contribution < 1.29 is 18.7 Å². The van der Waals surface area contributed by atoms with Crippen LogP contribution < -0.4 is 0 Å². The molecule has 0 bridgehead atoms. The van der Waals surface area contributed by atoms with E-state index in [2.05, 4.69) is 0 Å². The van der Waals surface area contributed by atoms with E-state index < -0.39 is 5.60 Å². The molecule has 0 atom stereocenters. The van der Waals surface area contributed by atoms with E-state index in [4.69, 9.17) is 4.74 Å². The summed E-state index contributed by atoms with van der Waals surface area (Å²) in [6.07, 6.45) is 1.79. The first-order valence-electron chi connectivity index (χ1n) is 8.07. The number of rotatable bonds is 2. The minimum Gasteiger partial charge on any atom is -0.444 e. The van der Waals surface area contributed by atoms with Crippen molar-refractivity contribution in [2.24, 2.45) is 0 Å². The number of hydrogen-bond donors (Lipinski definition) is 0. The predicted octanol–water partition coefficient (Wildman–Crippen LogP) is 1.62. The lowest BCUT2D eigenvalue weighted by Crippen LogP contribution is -2.52. The fourth-order valence-corrected chi connectivity index (χ4v) is 2.62. The zero-order valence-corrected chi connectivity index (χ0v) is 14.2. The Kier molecular flexibility index (Phi) is 5.62. The number of ether oxygens (including phenoxy) is 1. The van der Waals surface area contributed by atoms with Gasteiger partial charge in [0.2, 0.25) is 5.91 Å². The Morgan fingerprint density at radius 2 is 1.78 bits per heavy atom. The molecule has 2 aliphatic heterocycles. The van der Waals surface area contributed by atoms with Crippen LogP contribution in [0.25, 0.3) is 0 Å². The smallest absolute Gasteiger partial charge is 0.410 e. The van der Waals surface area contributed by atoms with Crippen molar-refractivity contribution in [2.45, 2.75) is 32.8 Å². The van der Waals surface area contributed by atoms with Crippen LogP contribution in [0.3, 0.4) is 0 Å². The molecule has 0 aromatic heterocycles. The fourth-order valence-electron chi connectivity index (χ4n) is 2.62. The fraction of sp³-hybridized carbons (Fsp3) is 0.750. The Labute approximate surface area is 136 Å². The van der Waals surface area contributed by atoms with Gasteiger partial charge in [0.1, 0.15) is 11.4 Å². The third-order valence-corrected chi connectivity index (χ3v) is 3.84. The van der Waals surface area contributed by atoms with Gasteiger partial charge in [0.15, 0.2) is 0 Å². The molecule has 23 heavy (non-hydrogen) atoms. The number of piperazine rings is 1. The molecule has 0 aromatic carbocycles. The van der Waals surface area contributed by atoms with Crippen molar-refractivity contribution in [3.8, 4) is 0 Å². The van der Waals surface area contributed by atoms with E-state index in [1.54, 1.807) is 9.80 Å². The number of nitrogens with zero attached hydrogens (tertiary/aromatic N) is 3. The highest BCUT2D eigenvalue weighted by Gasteiger charge is 2.27. The molecule has 0 N–H and O–H groups in total. The van der Waals surface area contributed by atoms with Crippen molar-refractivity contribution >= 4 is 12.0 Å². The Morgan fingerprint density at radius 3 is 2.35 bits per heavy atom. The van der Waals surface area contributed by atoms with Crippen molar-refractivity contribution in [1.82, 2.24) is 14.7 Å². The van der Waals surface area contributed by atoms with Gasteiger partial charge in [0, 0.05) is 32.7 Å². The molecule has 2 amide bonds. The van der Waals surface area contributed by atoms with Gasteiger partial charge < -0.3 is 14.5 Å². The van der Waals surface area contributed by atoms with Crippen LogP contribution in [0.15, 0.2) is 11.9 Å². The topological polar surface area (TPSA) is 53.1 Å². The maximum absolute atomic E-state index is 13.2. The third-order valence-electron chi connectivity index (χ3n) is 3.84. The van der Waals surface area contributed by atoms with Crippen LogP contribution in [0.4, 0.5) is 9.18 Å². The first-order chi connectivity index (χ1) is 10.7.